The number of carbonyl (C=O) groups is 1. The number of fused-ring (bicyclic) bond motifs is 1. The molecule has 7 heteroatoms. The molecule has 31 heavy (non-hydrogen) atoms. The summed E-state index contributed by atoms with van der Waals surface area (Å²) in [5, 5.41) is 3.07. The summed E-state index contributed by atoms with van der Waals surface area (Å²) in [6, 6.07) is 21.2. The van der Waals surface area contributed by atoms with Crippen molar-refractivity contribution < 1.29 is 4.79 Å². The van der Waals surface area contributed by atoms with Gasteiger partial charge in [0, 0.05) is 32.6 Å². The van der Waals surface area contributed by atoms with E-state index in [9.17, 15) is 14.4 Å². The van der Waals surface area contributed by atoms with E-state index in [0.717, 1.165) is 15.7 Å². The molecule has 0 aliphatic rings. The fourth-order valence-electron chi connectivity index (χ4n) is 3.78. The molecule has 0 saturated carbocycles. The molecule has 0 atom stereocenters. The van der Waals surface area contributed by atoms with Crippen molar-refractivity contribution in [1.29, 1.82) is 0 Å². The molecule has 2 aromatic heterocycles. The van der Waals surface area contributed by atoms with E-state index in [2.05, 4.69) is 10.3 Å². The fourth-order valence-corrected chi connectivity index (χ4v) is 3.78. The van der Waals surface area contributed by atoms with Gasteiger partial charge in [-0.05, 0) is 17.2 Å². The number of aryl methyl sites for hydroxylation is 1. The number of anilines is 1. The Bertz CT molecular complexity index is 1320. The topological polar surface area (TPSA) is 86.0 Å². The number of rotatable bonds is 5. The third kappa shape index (κ3) is 3.90. The Kier molecular flexibility index (Phi) is 5.49. The predicted octanol–water partition coefficient (Wildman–Crippen LogP) is 2.79. The van der Waals surface area contributed by atoms with Crippen molar-refractivity contribution in [2.75, 3.05) is 5.32 Å². The zero-order valence-electron chi connectivity index (χ0n) is 17.3. The van der Waals surface area contributed by atoms with Crippen molar-refractivity contribution in [3.8, 4) is 0 Å². The van der Waals surface area contributed by atoms with Crippen molar-refractivity contribution in [1.82, 2.24) is 14.1 Å². The maximum absolute atomic E-state index is 13.1. The molecule has 1 N–H and O–H groups in total. The third-order valence-electron chi connectivity index (χ3n) is 5.41. The van der Waals surface area contributed by atoms with E-state index in [4.69, 9.17) is 0 Å². The van der Waals surface area contributed by atoms with Crippen LogP contribution in [0.15, 0.2) is 82.5 Å². The summed E-state index contributed by atoms with van der Waals surface area (Å²) in [4.78, 5) is 42.1. The molecule has 7 nitrogen and oxygen atoms in total. The number of nitrogens with zero attached hydrogens (tertiary/aromatic N) is 3. The molecule has 0 spiro atoms. The van der Waals surface area contributed by atoms with Crippen LogP contribution in [0.4, 0.5) is 5.69 Å². The maximum atomic E-state index is 13.1. The highest BCUT2D eigenvalue weighted by atomic mass is 16.2. The van der Waals surface area contributed by atoms with Crippen LogP contribution in [0.3, 0.4) is 0 Å². The normalized spacial score (nSPS) is 11.1. The minimum atomic E-state index is -0.496. The summed E-state index contributed by atoms with van der Waals surface area (Å²) < 4.78 is 2.31. The Morgan fingerprint density at radius 1 is 0.903 bits per heavy atom. The number of nitrogens with one attached hydrogen (secondary N) is 1. The zero-order chi connectivity index (χ0) is 22.0. The van der Waals surface area contributed by atoms with Crippen LogP contribution in [-0.2, 0) is 18.9 Å². The first-order chi connectivity index (χ1) is 15.0. The van der Waals surface area contributed by atoms with E-state index in [1.54, 1.807) is 13.1 Å². The van der Waals surface area contributed by atoms with Crippen LogP contribution in [0.25, 0.3) is 11.0 Å². The summed E-state index contributed by atoms with van der Waals surface area (Å²) in [6.07, 6.45) is 1.67. The van der Waals surface area contributed by atoms with Gasteiger partial charge in [-0.3, -0.25) is 18.7 Å². The maximum Gasteiger partial charge on any atom is 0.332 e. The average molecular weight is 414 g/mol. The van der Waals surface area contributed by atoms with Crippen molar-refractivity contribution >= 4 is 22.6 Å². The van der Waals surface area contributed by atoms with Gasteiger partial charge >= 0.3 is 5.69 Å². The number of amides is 1. The number of aromatic nitrogens is 3. The Morgan fingerprint density at radius 2 is 1.48 bits per heavy atom. The minimum Gasteiger partial charge on any atom is -0.325 e. The van der Waals surface area contributed by atoms with Gasteiger partial charge < -0.3 is 5.32 Å². The molecular weight excluding hydrogens is 392 g/mol. The van der Waals surface area contributed by atoms with Gasteiger partial charge in [-0.15, -0.1) is 0 Å². The summed E-state index contributed by atoms with van der Waals surface area (Å²) in [7, 11) is 2.95. The molecule has 0 aliphatic heterocycles. The first kappa shape index (κ1) is 20.3. The van der Waals surface area contributed by atoms with Crippen LogP contribution >= 0.6 is 0 Å². The second kappa shape index (κ2) is 8.39. The SMILES string of the molecule is Cn1c(=O)c2c(NC(=O)CC(c3ccccc3)c3ccccc3)ccnc2n(C)c1=O. The lowest BCUT2D eigenvalue weighted by Crippen LogP contribution is -2.37. The van der Waals surface area contributed by atoms with Crippen molar-refractivity contribution in [2.45, 2.75) is 12.3 Å². The molecule has 4 rings (SSSR count). The highest BCUT2D eigenvalue weighted by molar-refractivity contribution is 6.00. The van der Waals surface area contributed by atoms with Gasteiger partial charge in [-0.2, -0.15) is 0 Å². The largest absolute Gasteiger partial charge is 0.332 e. The molecule has 0 radical (unpaired) electrons. The van der Waals surface area contributed by atoms with Gasteiger partial charge in [0.2, 0.25) is 5.91 Å². The molecule has 0 fully saturated rings. The Hall–Kier alpha value is -4.00. The molecule has 156 valence electrons. The van der Waals surface area contributed by atoms with E-state index in [-0.39, 0.29) is 29.3 Å². The summed E-state index contributed by atoms with van der Waals surface area (Å²) in [5.41, 5.74) is 1.66. The first-order valence-corrected chi connectivity index (χ1v) is 9.92. The lowest BCUT2D eigenvalue weighted by Gasteiger charge is -2.18. The van der Waals surface area contributed by atoms with Crippen molar-refractivity contribution in [3.63, 3.8) is 0 Å². The standard InChI is InChI=1S/C24H22N4O3/c1-27-22-21(23(30)28(2)24(27)31)19(13-14-25-22)26-20(29)15-18(16-9-5-3-6-10-16)17-11-7-4-8-12-17/h3-14,18H,15H2,1-2H3,(H,25,26,29). The summed E-state index contributed by atoms with van der Waals surface area (Å²) in [5.74, 6) is -0.371. The van der Waals surface area contributed by atoms with Crippen LogP contribution < -0.4 is 16.6 Å². The van der Waals surface area contributed by atoms with E-state index in [1.165, 1.54) is 17.8 Å². The van der Waals surface area contributed by atoms with Gasteiger partial charge in [0.1, 0.15) is 5.39 Å². The lowest BCUT2D eigenvalue weighted by atomic mass is 9.88. The number of benzene rings is 2. The Morgan fingerprint density at radius 3 is 2.06 bits per heavy atom. The van der Waals surface area contributed by atoms with E-state index in [0.29, 0.717) is 5.69 Å². The fraction of sp³-hybridized carbons (Fsp3) is 0.167. The molecule has 2 heterocycles. The number of carbonyl (C=O) groups excluding carboxylic acids is 1. The second-order valence-corrected chi connectivity index (χ2v) is 7.39. The van der Waals surface area contributed by atoms with Crippen molar-refractivity contribution in [2.24, 2.45) is 14.1 Å². The molecule has 0 aliphatic carbocycles. The summed E-state index contributed by atoms with van der Waals surface area (Å²) >= 11 is 0. The average Bonchev–Trinajstić information content (AvgIpc) is 2.81. The monoisotopic (exact) mass is 414 g/mol. The van der Waals surface area contributed by atoms with Gasteiger partial charge in [-0.25, -0.2) is 9.78 Å². The molecule has 0 saturated heterocycles. The Labute approximate surface area is 178 Å². The van der Waals surface area contributed by atoms with Crippen LogP contribution in [0.1, 0.15) is 23.5 Å². The number of hydrogen-bond donors (Lipinski definition) is 1. The lowest BCUT2D eigenvalue weighted by molar-refractivity contribution is -0.116. The first-order valence-electron chi connectivity index (χ1n) is 9.92. The van der Waals surface area contributed by atoms with Crippen LogP contribution in [0, 0.1) is 0 Å². The third-order valence-corrected chi connectivity index (χ3v) is 5.41. The molecular formula is C24H22N4O3. The molecule has 0 bridgehead atoms. The highest BCUT2D eigenvalue weighted by Crippen LogP contribution is 2.28. The molecule has 2 aromatic carbocycles. The zero-order valence-corrected chi connectivity index (χ0v) is 17.3. The quantitative estimate of drug-likeness (QED) is 0.544. The van der Waals surface area contributed by atoms with E-state index >= 15 is 0 Å². The molecule has 4 aromatic rings. The van der Waals surface area contributed by atoms with Crippen LogP contribution in [0.5, 0.6) is 0 Å². The second-order valence-electron chi connectivity index (χ2n) is 7.39. The number of pyridine rings is 1. The van der Waals surface area contributed by atoms with Crippen molar-refractivity contribution in [3.05, 3.63) is 105 Å². The van der Waals surface area contributed by atoms with Gasteiger partial charge in [-0.1, -0.05) is 60.7 Å². The smallest absolute Gasteiger partial charge is 0.325 e. The molecule has 0 unspecified atom stereocenters. The van der Waals surface area contributed by atoms with Gasteiger partial charge in [0.15, 0.2) is 5.65 Å². The number of hydrogen-bond acceptors (Lipinski definition) is 4. The predicted molar refractivity (Wildman–Crippen MR) is 120 cm³/mol. The highest BCUT2D eigenvalue weighted by Gasteiger charge is 2.20. The van der Waals surface area contributed by atoms with Crippen LogP contribution in [-0.4, -0.2) is 20.0 Å². The van der Waals surface area contributed by atoms with Gasteiger partial charge in [0.05, 0.1) is 5.69 Å². The van der Waals surface area contributed by atoms with Crippen LogP contribution in [0.2, 0.25) is 0 Å². The van der Waals surface area contributed by atoms with E-state index < -0.39 is 11.2 Å². The molecule has 1 amide bonds. The summed E-state index contributed by atoms with van der Waals surface area (Å²) in [6.45, 7) is 0. The minimum absolute atomic E-state index is 0.136. The Balaban J connectivity index is 1.70. The van der Waals surface area contributed by atoms with E-state index in [1.807, 2.05) is 60.7 Å². The van der Waals surface area contributed by atoms with Gasteiger partial charge in [0.25, 0.3) is 5.56 Å².